The third-order valence-corrected chi connectivity index (χ3v) is 3.37. The smallest absolute Gasteiger partial charge is 0.162 e. The number of rotatable bonds is 3. The fourth-order valence-corrected chi connectivity index (χ4v) is 2.39. The Hall–Kier alpha value is -0.940. The fourth-order valence-electron chi connectivity index (χ4n) is 2.39. The van der Waals surface area contributed by atoms with Gasteiger partial charge >= 0.3 is 0 Å². The summed E-state index contributed by atoms with van der Waals surface area (Å²) >= 11 is 0. The highest BCUT2D eigenvalue weighted by Crippen LogP contribution is 2.40. The van der Waals surface area contributed by atoms with E-state index in [0.717, 1.165) is 18.7 Å². The van der Waals surface area contributed by atoms with Crippen molar-refractivity contribution in [2.45, 2.75) is 57.5 Å². The maximum Gasteiger partial charge on any atom is 0.162 e. The summed E-state index contributed by atoms with van der Waals surface area (Å²) in [6, 6.07) is 0.492. The van der Waals surface area contributed by atoms with Crippen molar-refractivity contribution in [2.24, 2.45) is 0 Å². The van der Waals surface area contributed by atoms with Crippen molar-refractivity contribution in [3.05, 3.63) is 11.6 Å². The van der Waals surface area contributed by atoms with Gasteiger partial charge in [-0.05, 0) is 32.6 Å². The lowest BCUT2D eigenvalue weighted by Crippen LogP contribution is -2.11. The molecule has 1 saturated carbocycles. The second-order valence-corrected chi connectivity index (χ2v) is 4.75. The first-order valence-corrected chi connectivity index (χ1v) is 5.99. The minimum Gasteiger partial charge on any atom is -0.388 e. The molecule has 5 heteroatoms. The van der Waals surface area contributed by atoms with Crippen LogP contribution in [0.4, 0.5) is 0 Å². The summed E-state index contributed by atoms with van der Waals surface area (Å²) in [4.78, 5) is 0. The van der Waals surface area contributed by atoms with Crippen LogP contribution in [0.15, 0.2) is 0 Å². The number of nitrogens with zero attached hydrogens (tertiary/aromatic N) is 3. The van der Waals surface area contributed by atoms with Gasteiger partial charge < -0.3 is 14.4 Å². The Labute approximate surface area is 94.4 Å². The molecular formula is C11H17N3O2. The summed E-state index contributed by atoms with van der Waals surface area (Å²) in [5.74, 6) is 1.59. The van der Waals surface area contributed by atoms with Crippen molar-refractivity contribution in [1.82, 2.24) is 14.8 Å². The molecule has 5 nitrogen and oxygen atoms in total. The Morgan fingerprint density at radius 3 is 2.69 bits per heavy atom. The molecule has 1 N–H and O–H groups in total. The van der Waals surface area contributed by atoms with Gasteiger partial charge in [-0.2, -0.15) is 0 Å². The van der Waals surface area contributed by atoms with E-state index >= 15 is 0 Å². The van der Waals surface area contributed by atoms with Gasteiger partial charge in [-0.15, -0.1) is 10.2 Å². The van der Waals surface area contributed by atoms with E-state index in [4.69, 9.17) is 4.74 Å². The molecule has 2 heterocycles. The number of aromatic nitrogens is 3. The maximum atomic E-state index is 9.24. The van der Waals surface area contributed by atoms with Crippen molar-refractivity contribution >= 4 is 0 Å². The van der Waals surface area contributed by atoms with Crippen LogP contribution in [0, 0.1) is 0 Å². The van der Waals surface area contributed by atoms with E-state index in [2.05, 4.69) is 21.7 Å². The van der Waals surface area contributed by atoms with Gasteiger partial charge in [-0.3, -0.25) is 0 Å². The molecule has 2 unspecified atom stereocenters. The summed E-state index contributed by atoms with van der Waals surface area (Å²) in [7, 11) is 0. The molecule has 1 saturated heterocycles. The number of ether oxygens (including phenoxy) is 1. The van der Waals surface area contributed by atoms with E-state index in [1.807, 2.05) is 0 Å². The van der Waals surface area contributed by atoms with Crippen LogP contribution in [0.2, 0.25) is 0 Å². The maximum absolute atomic E-state index is 9.24. The Morgan fingerprint density at radius 1 is 1.31 bits per heavy atom. The Balaban J connectivity index is 1.91. The van der Waals surface area contributed by atoms with E-state index < -0.39 is 0 Å². The highest BCUT2D eigenvalue weighted by Gasteiger charge is 2.34. The van der Waals surface area contributed by atoms with Gasteiger partial charge in [0.25, 0.3) is 0 Å². The van der Waals surface area contributed by atoms with Crippen LogP contribution in [0.3, 0.4) is 0 Å². The molecule has 16 heavy (non-hydrogen) atoms. The summed E-state index contributed by atoms with van der Waals surface area (Å²) in [6.45, 7) is 2.05. The third-order valence-electron chi connectivity index (χ3n) is 3.37. The molecule has 2 atom stereocenters. The van der Waals surface area contributed by atoms with Crippen molar-refractivity contribution in [3.63, 3.8) is 0 Å². The van der Waals surface area contributed by atoms with Gasteiger partial charge in [-0.25, -0.2) is 0 Å². The normalized spacial score (nSPS) is 29.9. The predicted molar refractivity (Wildman–Crippen MR) is 56.7 cm³/mol. The Morgan fingerprint density at radius 2 is 2.12 bits per heavy atom. The van der Waals surface area contributed by atoms with Gasteiger partial charge in [0, 0.05) is 6.04 Å². The second kappa shape index (κ2) is 3.82. The van der Waals surface area contributed by atoms with Gasteiger partial charge in [0.05, 0.1) is 6.10 Å². The molecule has 0 aromatic carbocycles. The van der Waals surface area contributed by atoms with Crippen LogP contribution in [-0.2, 0) is 11.3 Å². The summed E-state index contributed by atoms with van der Waals surface area (Å²) in [6.07, 6.45) is 4.81. The molecule has 88 valence electrons. The molecule has 0 bridgehead atoms. The van der Waals surface area contributed by atoms with E-state index in [1.54, 1.807) is 0 Å². The summed E-state index contributed by atoms with van der Waals surface area (Å²) < 4.78 is 7.90. The molecule has 1 aliphatic heterocycles. The van der Waals surface area contributed by atoms with E-state index in [9.17, 15) is 5.11 Å². The van der Waals surface area contributed by atoms with Crippen molar-refractivity contribution < 1.29 is 9.84 Å². The Kier molecular flexibility index (Phi) is 2.44. The molecule has 1 aromatic heterocycles. The molecule has 1 aromatic rings. The standard InChI is InChI=1S/C11H17N3O2/c1-7-2-5-9(16-7)11-13-12-10(6-15)14(11)8-3-4-8/h7-9,15H,2-6H2,1H3. The molecule has 2 aliphatic rings. The van der Waals surface area contributed by atoms with Crippen molar-refractivity contribution in [3.8, 4) is 0 Å². The van der Waals surface area contributed by atoms with Crippen molar-refractivity contribution in [2.75, 3.05) is 0 Å². The quantitative estimate of drug-likeness (QED) is 0.840. The molecule has 3 rings (SSSR count). The van der Waals surface area contributed by atoms with Gasteiger partial charge in [0.2, 0.25) is 0 Å². The molecule has 0 spiro atoms. The zero-order valence-corrected chi connectivity index (χ0v) is 9.46. The van der Waals surface area contributed by atoms with Crippen LogP contribution in [0.1, 0.15) is 56.4 Å². The first-order valence-electron chi connectivity index (χ1n) is 5.99. The summed E-state index contributed by atoms with van der Waals surface area (Å²) in [5, 5.41) is 17.5. The molecule has 2 fully saturated rings. The van der Waals surface area contributed by atoms with E-state index in [1.165, 1.54) is 12.8 Å². The molecule has 1 aliphatic carbocycles. The first kappa shape index (κ1) is 10.2. The highest BCUT2D eigenvalue weighted by atomic mass is 16.5. The largest absolute Gasteiger partial charge is 0.388 e. The topological polar surface area (TPSA) is 60.2 Å². The van der Waals surface area contributed by atoms with Crippen LogP contribution < -0.4 is 0 Å². The number of hydrogen-bond donors (Lipinski definition) is 1. The van der Waals surface area contributed by atoms with Crippen LogP contribution in [-0.4, -0.2) is 26.0 Å². The predicted octanol–water partition coefficient (Wildman–Crippen LogP) is 1.35. The zero-order valence-electron chi connectivity index (χ0n) is 9.46. The first-order chi connectivity index (χ1) is 7.79. The fraction of sp³-hybridized carbons (Fsp3) is 0.818. The average Bonchev–Trinajstić information content (AvgIpc) is 2.88. The molecule has 0 radical (unpaired) electrons. The van der Waals surface area contributed by atoms with Crippen LogP contribution in [0.5, 0.6) is 0 Å². The van der Waals surface area contributed by atoms with E-state index in [-0.39, 0.29) is 12.7 Å². The number of hydrogen-bond acceptors (Lipinski definition) is 4. The zero-order chi connectivity index (χ0) is 11.1. The van der Waals surface area contributed by atoms with Gasteiger partial charge in [-0.1, -0.05) is 0 Å². The number of aliphatic hydroxyl groups is 1. The molecular weight excluding hydrogens is 206 g/mol. The lowest BCUT2D eigenvalue weighted by molar-refractivity contribution is 0.0476. The van der Waals surface area contributed by atoms with Gasteiger partial charge in [0.15, 0.2) is 11.6 Å². The lowest BCUT2D eigenvalue weighted by atomic mass is 10.2. The summed E-state index contributed by atoms with van der Waals surface area (Å²) in [5.41, 5.74) is 0. The SMILES string of the molecule is CC1CCC(c2nnc(CO)n2C2CC2)O1. The van der Waals surface area contributed by atoms with Crippen molar-refractivity contribution in [1.29, 1.82) is 0 Å². The minimum absolute atomic E-state index is 0.0359. The van der Waals surface area contributed by atoms with E-state index in [0.29, 0.717) is 18.0 Å². The molecule has 0 amide bonds. The Bertz CT molecular complexity index is 387. The van der Waals surface area contributed by atoms with Gasteiger partial charge in [0.1, 0.15) is 12.7 Å². The lowest BCUT2D eigenvalue weighted by Gasteiger charge is -2.13. The second-order valence-electron chi connectivity index (χ2n) is 4.75. The number of aliphatic hydroxyl groups excluding tert-OH is 1. The van der Waals surface area contributed by atoms with Crippen LogP contribution in [0.25, 0.3) is 0 Å². The van der Waals surface area contributed by atoms with Crippen LogP contribution >= 0.6 is 0 Å². The average molecular weight is 223 g/mol. The monoisotopic (exact) mass is 223 g/mol. The highest BCUT2D eigenvalue weighted by molar-refractivity contribution is 5.06. The third kappa shape index (κ3) is 1.64. The minimum atomic E-state index is -0.0359.